The summed E-state index contributed by atoms with van der Waals surface area (Å²) < 4.78 is 22.7. The van der Waals surface area contributed by atoms with Crippen molar-refractivity contribution in [3.05, 3.63) is 82.3 Å². The first-order valence-electron chi connectivity index (χ1n) is 12.2. The first-order chi connectivity index (χ1) is 18.0. The lowest BCUT2D eigenvalue weighted by atomic mass is 10.1. The van der Waals surface area contributed by atoms with Crippen molar-refractivity contribution < 1.29 is 23.7 Å². The molecule has 37 heavy (non-hydrogen) atoms. The van der Waals surface area contributed by atoms with E-state index in [9.17, 15) is 4.79 Å². The highest BCUT2D eigenvalue weighted by atomic mass is 32.2. The van der Waals surface area contributed by atoms with Gasteiger partial charge < -0.3 is 18.9 Å². The van der Waals surface area contributed by atoms with E-state index in [1.807, 2.05) is 61.5 Å². The molecule has 0 bridgehead atoms. The highest BCUT2D eigenvalue weighted by molar-refractivity contribution is 8.18. The Morgan fingerprint density at radius 2 is 1.73 bits per heavy atom. The third kappa shape index (κ3) is 5.59. The first-order valence-corrected chi connectivity index (χ1v) is 13.0. The van der Waals surface area contributed by atoms with Crippen molar-refractivity contribution in [2.24, 2.45) is 4.99 Å². The molecule has 0 radical (unpaired) electrons. The molecule has 3 aromatic carbocycles. The Hall–Kier alpha value is -3.91. The molecule has 1 saturated heterocycles. The van der Waals surface area contributed by atoms with Crippen LogP contribution in [0.4, 0.5) is 5.69 Å². The SMILES string of the molecule is CCOc1cc(/C=C2\SC(=Nc3ccc(CC)cc3)N(C)C2=O)ccc1OCc1ccc2c(c1)OCO2. The topological polar surface area (TPSA) is 69.6 Å². The van der Waals surface area contributed by atoms with Gasteiger partial charge in [-0.1, -0.05) is 31.2 Å². The van der Waals surface area contributed by atoms with E-state index >= 15 is 0 Å². The van der Waals surface area contributed by atoms with E-state index in [0.29, 0.717) is 34.8 Å². The van der Waals surface area contributed by atoms with Crippen LogP contribution in [-0.4, -0.2) is 36.4 Å². The Balaban J connectivity index is 1.32. The Bertz CT molecular complexity index is 1370. The number of carbonyl (C=O) groups excluding carboxylic acids is 1. The van der Waals surface area contributed by atoms with Gasteiger partial charge in [-0.05, 0) is 84.3 Å². The average molecular weight is 517 g/mol. The van der Waals surface area contributed by atoms with Crippen LogP contribution in [0.15, 0.2) is 70.6 Å². The molecule has 7 nitrogen and oxygen atoms in total. The molecule has 2 aliphatic heterocycles. The van der Waals surface area contributed by atoms with Crippen LogP contribution in [0.5, 0.6) is 23.0 Å². The molecular formula is C29H28N2O5S. The maximum absolute atomic E-state index is 12.9. The number of hydrogen-bond acceptors (Lipinski definition) is 7. The Morgan fingerprint density at radius 1 is 0.946 bits per heavy atom. The lowest BCUT2D eigenvalue weighted by molar-refractivity contribution is -0.121. The third-order valence-corrected chi connectivity index (χ3v) is 7.03. The summed E-state index contributed by atoms with van der Waals surface area (Å²) in [6.07, 6.45) is 2.83. The minimum atomic E-state index is -0.0879. The fourth-order valence-electron chi connectivity index (χ4n) is 3.91. The van der Waals surface area contributed by atoms with Crippen LogP contribution < -0.4 is 18.9 Å². The summed E-state index contributed by atoms with van der Waals surface area (Å²) in [6, 6.07) is 19.5. The molecule has 0 aliphatic carbocycles. The van der Waals surface area contributed by atoms with Gasteiger partial charge in [0.2, 0.25) is 6.79 Å². The van der Waals surface area contributed by atoms with E-state index in [1.165, 1.54) is 17.3 Å². The maximum atomic E-state index is 12.9. The van der Waals surface area contributed by atoms with Crippen LogP contribution in [0.2, 0.25) is 0 Å². The van der Waals surface area contributed by atoms with Gasteiger partial charge in [0.1, 0.15) is 6.61 Å². The second-order valence-corrected chi connectivity index (χ2v) is 9.51. The van der Waals surface area contributed by atoms with E-state index in [0.717, 1.165) is 34.7 Å². The number of carbonyl (C=O) groups is 1. The minimum Gasteiger partial charge on any atom is -0.490 e. The average Bonchev–Trinajstić information content (AvgIpc) is 3.49. The Labute approximate surface area is 220 Å². The monoisotopic (exact) mass is 516 g/mol. The lowest BCUT2D eigenvalue weighted by Gasteiger charge is -2.13. The number of amides is 1. The summed E-state index contributed by atoms with van der Waals surface area (Å²) in [5.74, 6) is 2.62. The molecule has 0 N–H and O–H groups in total. The zero-order valence-electron chi connectivity index (χ0n) is 21.0. The lowest BCUT2D eigenvalue weighted by Crippen LogP contribution is -2.23. The predicted molar refractivity (Wildman–Crippen MR) is 146 cm³/mol. The van der Waals surface area contributed by atoms with Crippen LogP contribution in [0.3, 0.4) is 0 Å². The van der Waals surface area contributed by atoms with Crippen molar-refractivity contribution in [1.29, 1.82) is 0 Å². The molecule has 1 amide bonds. The predicted octanol–water partition coefficient (Wildman–Crippen LogP) is 6.19. The van der Waals surface area contributed by atoms with Crippen LogP contribution in [0, 0.1) is 0 Å². The summed E-state index contributed by atoms with van der Waals surface area (Å²) in [4.78, 5) is 19.8. The summed E-state index contributed by atoms with van der Waals surface area (Å²) in [5, 5.41) is 0.647. The van der Waals surface area contributed by atoms with Gasteiger partial charge >= 0.3 is 0 Å². The Kier molecular flexibility index (Phi) is 7.37. The van der Waals surface area contributed by atoms with Crippen molar-refractivity contribution in [3.8, 4) is 23.0 Å². The molecule has 8 heteroatoms. The summed E-state index contributed by atoms with van der Waals surface area (Å²) >= 11 is 1.36. The molecule has 1 fully saturated rings. The second-order valence-electron chi connectivity index (χ2n) is 8.50. The van der Waals surface area contributed by atoms with Crippen molar-refractivity contribution >= 4 is 34.6 Å². The quantitative estimate of drug-likeness (QED) is 0.333. The van der Waals surface area contributed by atoms with Crippen LogP contribution >= 0.6 is 11.8 Å². The molecule has 3 aromatic rings. The highest BCUT2D eigenvalue weighted by Gasteiger charge is 2.30. The van der Waals surface area contributed by atoms with E-state index in [-0.39, 0.29) is 12.7 Å². The molecule has 0 atom stereocenters. The first kappa shape index (κ1) is 24.8. The van der Waals surface area contributed by atoms with Gasteiger partial charge in [-0.15, -0.1) is 0 Å². The van der Waals surface area contributed by atoms with Crippen LogP contribution in [0.25, 0.3) is 6.08 Å². The minimum absolute atomic E-state index is 0.0879. The molecule has 5 rings (SSSR count). The van der Waals surface area contributed by atoms with Gasteiger partial charge in [-0.3, -0.25) is 9.69 Å². The largest absolute Gasteiger partial charge is 0.490 e. The molecule has 0 aromatic heterocycles. The van der Waals surface area contributed by atoms with Crippen LogP contribution in [0.1, 0.15) is 30.5 Å². The summed E-state index contributed by atoms with van der Waals surface area (Å²) in [5.41, 5.74) is 3.88. The number of benzene rings is 3. The van der Waals surface area contributed by atoms with Gasteiger partial charge in [0.25, 0.3) is 5.91 Å². The number of aryl methyl sites for hydroxylation is 1. The second kappa shape index (κ2) is 11.0. The van der Waals surface area contributed by atoms with Gasteiger partial charge in [0, 0.05) is 7.05 Å². The van der Waals surface area contributed by atoms with Crippen molar-refractivity contribution in [3.63, 3.8) is 0 Å². The standard InChI is InChI=1S/C29H28N2O5S/c1-4-19-6-10-22(11-7-19)30-29-31(3)28(32)27(37-29)16-20-8-12-23(25(14-20)33-5-2)34-17-21-9-13-24-26(15-21)36-18-35-24/h6-16H,4-5,17-18H2,1-3H3/b27-16-,30-29?. The zero-order chi connectivity index (χ0) is 25.8. The number of likely N-dealkylation sites (N-methyl/N-ethyl adjacent to an activating group) is 1. The van der Waals surface area contributed by atoms with E-state index in [2.05, 4.69) is 24.0 Å². The summed E-state index contributed by atoms with van der Waals surface area (Å²) in [6.45, 7) is 5.13. The molecule has 2 aliphatic rings. The normalized spacial score (nSPS) is 16.6. The fraction of sp³-hybridized carbons (Fsp3) is 0.241. The smallest absolute Gasteiger partial charge is 0.266 e. The van der Waals surface area contributed by atoms with Gasteiger partial charge in [0.05, 0.1) is 17.2 Å². The summed E-state index contributed by atoms with van der Waals surface area (Å²) in [7, 11) is 1.74. The Morgan fingerprint density at radius 3 is 2.51 bits per heavy atom. The van der Waals surface area contributed by atoms with Gasteiger partial charge in [-0.25, -0.2) is 4.99 Å². The number of amidine groups is 1. The number of aliphatic imine (C=N–C) groups is 1. The molecule has 0 saturated carbocycles. The molecule has 0 unspecified atom stereocenters. The van der Waals surface area contributed by atoms with Gasteiger partial charge in [0.15, 0.2) is 28.2 Å². The van der Waals surface area contributed by atoms with E-state index in [4.69, 9.17) is 18.9 Å². The van der Waals surface area contributed by atoms with Crippen molar-refractivity contribution in [1.82, 2.24) is 4.90 Å². The van der Waals surface area contributed by atoms with Crippen molar-refractivity contribution in [2.45, 2.75) is 26.9 Å². The van der Waals surface area contributed by atoms with Crippen molar-refractivity contribution in [2.75, 3.05) is 20.4 Å². The number of fused-ring (bicyclic) bond motifs is 1. The van der Waals surface area contributed by atoms with Crippen LogP contribution in [-0.2, 0) is 17.8 Å². The number of rotatable bonds is 8. The third-order valence-electron chi connectivity index (χ3n) is 5.97. The van der Waals surface area contributed by atoms with E-state index in [1.54, 1.807) is 11.9 Å². The number of nitrogens with zero attached hydrogens (tertiary/aromatic N) is 2. The van der Waals surface area contributed by atoms with E-state index < -0.39 is 0 Å². The van der Waals surface area contributed by atoms with Gasteiger partial charge in [-0.2, -0.15) is 0 Å². The zero-order valence-corrected chi connectivity index (χ0v) is 21.8. The number of hydrogen-bond donors (Lipinski definition) is 0. The maximum Gasteiger partial charge on any atom is 0.266 e. The fourth-order valence-corrected chi connectivity index (χ4v) is 4.90. The molecule has 2 heterocycles. The molecular weight excluding hydrogens is 488 g/mol. The molecule has 0 spiro atoms. The molecule has 190 valence electrons. The number of thioether (sulfide) groups is 1. The highest BCUT2D eigenvalue weighted by Crippen LogP contribution is 2.36. The number of ether oxygens (including phenoxy) is 4.